The van der Waals surface area contributed by atoms with Gasteiger partial charge in [-0.1, -0.05) is 30.3 Å². The van der Waals surface area contributed by atoms with Crippen molar-refractivity contribution in [3.63, 3.8) is 0 Å². The van der Waals surface area contributed by atoms with Gasteiger partial charge >= 0.3 is 0 Å². The Balaban J connectivity index is 1.68. The lowest BCUT2D eigenvalue weighted by atomic mass is 9.60. The van der Waals surface area contributed by atoms with E-state index in [-0.39, 0.29) is 0 Å². The lowest BCUT2D eigenvalue weighted by molar-refractivity contribution is 0.107. The topological polar surface area (TPSA) is 26.0 Å². The van der Waals surface area contributed by atoms with Crippen molar-refractivity contribution < 1.29 is 0 Å². The van der Waals surface area contributed by atoms with Gasteiger partial charge in [-0.05, 0) is 59.8 Å². The molecule has 0 aromatic heterocycles. The summed E-state index contributed by atoms with van der Waals surface area (Å²) in [5.74, 6) is 6.94. The molecule has 18 heavy (non-hydrogen) atoms. The molecule has 6 aliphatic carbocycles. The molecule has 0 aliphatic heterocycles. The number of hydrogen-bond acceptors (Lipinski definition) is 1. The van der Waals surface area contributed by atoms with Crippen LogP contribution >= 0.6 is 0 Å². The van der Waals surface area contributed by atoms with E-state index in [0.29, 0.717) is 11.5 Å². The third kappa shape index (κ3) is 0.602. The molecule has 0 spiro atoms. The highest BCUT2D eigenvalue weighted by Gasteiger charge is 2.85. The standard InChI is InChI=1S/C17H19N/c18-16-14-11-6-9-10-7-12(13(9)14)17(16,15(10)11)8-4-2-1-3-5-8/h1-5,9-16H,6-7,18H2/t9?,10?,11-,12?,13?,14-,15-,16+,17?/m1/s1. The third-order valence-corrected chi connectivity index (χ3v) is 7.85. The minimum atomic E-state index is 0.402. The highest BCUT2D eigenvalue weighted by Crippen LogP contribution is 2.86. The van der Waals surface area contributed by atoms with Crippen LogP contribution in [0.3, 0.4) is 0 Å². The molecule has 2 N–H and O–H groups in total. The molecule has 1 heteroatoms. The lowest BCUT2D eigenvalue weighted by Gasteiger charge is -2.43. The van der Waals surface area contributed by atoms with Crippen molar-refractivity contribution in [2.24, 2.45) is 47.2 Å². The largest absolute Gasteiger partial charge is 0.327 e. The van der Waals surface area contributed by atoms with Crippen molar-refractivity contribution in [1.29, 1.82) is 0 Å². The van der Waals surface area contributed by atoms with Gasteiger partial charge in [0.2, 0.25) is 0 Å². The average molecular weight is 237 g/mol. The van der Waals surface area contributed by atoms with Crippen LogP contribution in [0.15, 0.2) is 30.3 Å². The van der Waals surface area contributed by atoms with E-state index in [4.69, 9.17) is 5.73 Å². The van der Waals surface area contributed by atoms with Gasteiger partial charge in [-0.2, -0.15) is 0 Å². The molecule has 6 fully saturated rings. The van der Waals surface area contributed by atoms with Crippen molar-refractivity contribution in [1.82, 2.24) is 0 Å². The fraction of sp³-hybridized carbons (Fsp3) is 0.647. The maximum atomic E-state index is 6.81. The Kier molecular flexibility index (Phi) is 1.23. The maximum Gasteiger partial charge on any atom is 0.0176 e. The van der Waals surface area contributed by atoms with Gasteiger partial charge in [-0.25, -0.2) is 0 Å². The molecule has 0 radical (unpaired) electrons. The molecule has 7 rings (SSSR count). The monoisotopic (exact) mass is 237 g/mol. The first kappa shape index (κ1) is 9.14. The quantitative estimate of drug-likeness (QED) is 0.797. The van der Waals surface area contributed by atoms with Crippen molar-refractivity contribution in [3.05, 3.63) is 35.9 Å². The minimum absolute atomic E-state index is 0.402. The Labute approximate surface area is 108 Å². The van der Waals surface area contributed by atoms with E-state index in [0.717, 1.165) is 41.4 Å². The summed E-state index contributed by atoms with van der Waals surface area (Å²) < 4.78 is 0. The zero-order valence-electron chi connectivity index (χ0n) is 10.5. The molecular formula is C17H19N. The number of hydrogen-bond donors (Lipinski definition) is 1. The SMILES string of the molecule is N[C@H]1[C@H]2C3C4C[C@H]2[C@H]2C4CC3C21c1ccccc1. The molecule has 6 saturated carbocycles. The Hall–Kier alpha value is -0.820. The van der Waals surface area contributed by atoms with Crippen molar-refractivity contribution in [3.8, 4) is 0 Å². The van der Waals surface area contributed by atoms with Crippen molar-refractivity contribution in [2.75, 3.05) is 0 Å². The van der Waals surface area contributed by atoms with Gasteiger partial charge in [0.15, 0.2) is 0 Å². The van der Waals surface area contributed by atoms with Gasteiger partial charge < -0.3 is 5.73 Å². The maximum absolute atomic E-state index is 6.81. The fourth-order valence-electron chi connectivity index (χ4n) is 8.06. The van der Waals surface area contributed by atoms with Crippen LogP contribution in [0, 0.1) is 41.4 Å². The average Bonchev–Trinajstić information content (AvgIpc) is 3.11. The van der Waals surface area contributed by atoms with E-state index in [1.165, 1.54) is 12.8 Å². The second kappa shape index (κ2) is 2.43. The fourth-order valence-corrected chi connectivity index (χ4v) is 8.06. The van der Waals surface area contributed by atoms with Gasteiger partial charge in [0.1, 0.15) is 0 Å². The van der Waals surface area contributed by atoms with Crippen molar-refractivity contribution >= 4 is 0 Å². The second-order valence-corrected chi connectivity index (χ2v) is 7.57. The van der Waals surface area contributed by atoms with E-state index >= 15 is 0 Å². The van der Waals surface area contributed by atoms with Crippen LogP contribution in [-0.2, 0) is 5.41 Å². The first-order valence-electron chi connectivity index (χ1n) is 7.66. The molecule has 9 atom stereocenters. The first-order valence-corrected chi connectivity index (χ1v) is 7.66. The van der Waals surface area contributed by atoms with Crippen molar-refractivity contribution in [2.45, 2.75) is 24.3 Å². The Morgan fingerprint density at radius 1 is 0.944 bits per heavy atom. The summed E-state index contributed by atoms with van der Waals surface area (Å²) in [5, 5.41) is 0. The molecule has 1 aromatic rings. The second-order valence-electron chi connectivity index (χ2n) is 7.57. The Morgan fingerprint density at radius 2 is 1.78 bits per heavy atom. The smallest absolute Gasteiger partial charge is 0.0176 e. The van der Waals surface area contributed by atoms with Gasteiger partial charge in [-0.15, -0.1) is 0 Å². The van der Waals surface area contributed by atoms with Crippen LogP contribution in [0.4, 0.5) is 0 Å². The first-order chi connectivity index (χ1) is 8.85. The van der Waals surface area contributed by atoms with Gasteiger partial charge in [0.25, 0.3) is 0 Å². The van der Waals surface area contributed by atoms with Crippen LogP contribution in [0.2, 0.25) is 0 Å². The van der Waals surface area contributed by atoms with E-state index in [1.807, 2.05) is 0 Å². The summed E-state index contributed by atoms with van der Waals surface area (Å²) in [4.78, 5) is 0. The predicted molar refractivity (Wildman–Crippen MR) is 69.8 cm³/mol. The molecule has 0 heterocycles. The summed E-state index contributed by atoms with van der Waals surface area (Å²) in [5.41, 5.74) is 8.80. The zero-order chi connectivity index (χ0) is 11.6. The minimum Gasteiger partial charge on any atom is -0.327 e. The molecule has 6 bridgehead atoms. The Bertz CT molecular complexity index is 552. The van der Waals surface area contributed by atoms with Gasteiger partial charge in [0, 0.05) is 11.5 Å². The molecule has 5 unspecified atom stereocenters. The van der Waals surface area contributed by atoms with Crippen LogP contribution in [0.25, 0.3) is 0 Å². The van der Waals surface area contributed by atoms with Crippen LogP contribution in [0.5, 0.6) is 0 Å². The molecule has 92 valence electrons. The summed E-state index contributed by atoms with van der Waals surface area (Å²) >= 11 is 0. The molecule has 6 aliphatic rings. The normalized spacial score (nSPS) is 64.7. The van der Waals surface area contributed by atoms with Gasteiger partial charge in [-0.3, -0.25) is 0 Å². The number of rotatable bonds is 1. The highest BCUT2D eigenvalue weighted by molar-refractivity contribution is 5.46. The highest BCUT2D eigenvalue weighted by atomic mass is 15.0. The van der Waals surface area contributed by atoms with E-state index in [2.05, 4.69) is 30.3 Å². The lowest BCUT2D eigenvalue weighted by Crippen LogP contribution is -2.46. The van der Waals surface area contributed by atoms with Crippen LogP contribution in [-0.4, -0.2) is 6.04 Å². The predicted octanol–water partition coefficient (Wildman–Crippen LogP) is 2.41. The third-order valence-electron chi connectivity index (χ3n) is 7.85. The number of benzene rings is 1. The molecular weight excluding hydrogens is 218 g/mol. The molecule has 0 saturated heterocycles. The van der Waals surface area contributed by atoms with Gasteiger partial charge in [0.05, 0.1) is 0 Å². The molecule has 0 amide bonds. The Morgan fingerprint density at radius 3 is 2.61 bits per heavy atom. The summed E-state index contributed by atoms with van der Waals surface area (Å²) in [6, 6.07) is 11.8. The van der Waals surface area contributed by atoms with E-state index < -0.39 is 0 Å². The summed E-state index contributed by atoms with van der Waals surface area (Å²) in [6.45, 7) is 0. The van der Waals surface area contributed by atoms with E-state index in [9.17, 15) is 0 Å². The van der Waals surface area contributed by atoms with Crippen LogP contribution < -0.4 is 5.73 Å². The zero-order valence-corrected chi connectivity index (χ0v) is 10.5. The summed E-state index contributed by atoms with van der Waals surface area (Å²) in [7, 11) is 0. The molecule has 1 aromatic carbocycles. The van der Waals surface area contributed by atoms with Crippen LogP contribution in [0.1, 0.15) is 18.4 Å². The molecule has 1 nitrogen and oxygen atoms in total. The number of nitrogens with two attached hydrogens (primary N) is 1. The summed E-state index contributed by atoms with van der Waals surface area (Å²) in [6.07, 6.45) is 3.04. The van der Waals surface area contributed by atoms with E-state index in [1.54, 1.807) is 5.56 Å².